The SMILES string of the molecule is CCN(c1cc(-c2ccncc2)c[nH]c1=O)[C@H]1CCCN(C(=O)C=CCNC)C1. The number of hydrogen-bond donors (Lipinski definition) is 2. The fourth-order valence-corrected chi connectivity index (χ4v) is 3.81. The number of aromatic nitrogens is 2. The van der Waals surface area contributed by atoms with Gasteiger partial charge in [0.25, 0.3) is 5.56 Å². The van der Waals surface area contributed by atoms with Crippen LogP contribution in [0, 0.1) is 0 Å². The molecule has 0 radical (unpaired) electrons. The molecule has 2 aromatic heterocycles. The first kappa shape index (κ1) is 20.8. The molecule has 0 saturated carbocycles. The number of carbonyl (C=O) groups is 1. The lowest BCUT2D eigenvalue weighted by Gasteiger charge is -2.39. The predicted molar refractivity (Wildman–Crippen MR) is 116 cm³/mol. The Bertz CT molecular complexity index is 894. The minimum atomic E-state index is -0.109. The highest BCUT2D eigenvalue weighted by atomic mass is 16.2. The van der Waals surface area contributed by atoms with Crippen LogP contribution < -0.4 is 15.8 Å². The van der Waals surface area contributed by atoms with Gasteiger partial charge >= 0.3 is 0 Å². The Hall–Kier alpha value is -2.93. The van der Waals surface area contributed by atoms with Gasteiger partial charge in [0, 0.05) is 62.5 Å². The van der Waals surface area contributed by atoms with Crippen LogP contribution in [0.2, 0.25) is 0 Å². The molecule has 3 rings (SSSR count). The number of nitrogens with zero attached hydrogens (tertiary/aromatic N) is 3. The molecule has 1 amide bonds. The van der Waals surface area contributed by atoms with Gasteiger partial charge < -0.3 is 20.1 Å². The van der Waals surface area contributed by atoms with E-state index in [1.165, 1.54) is 0 Å². The van der Waals surface area contributed by atoms with Gasteiger partial charge in [-0.25, -0.2) is 0 Å². The number of amides is 1. The van der Waals surface area contributed by atoms with E-state index >= 15 is 0 Å². The van der Waals surface area contributed by atoms with Crippen molar-refractivity contribution in [2.24, 2.45) is 0 Å². The summed E-state index contributed by atoms with van der Waals surface area (Å²) >= 11 is 0. The van der Waals surface area contributed by atoms with Gasteiger partial charge in [0.05, 0.1) is 0 Å². The molecule has 1 saturated heterocycles. The summed E-state index contributed by atoms with van der Waals surface area (Å²) in [6, 6.07) is 5.90. The molecule has 2 aromatic rings. The third-order valence-electron chi connectivity index (χ3n) is 5.28. The summed E-state index contributed by atoms with van der Waals surface area (Å²) in [5.74, 6) is 0.0282. The molecule has 1 aliphatic rings. The largest absolute Gasteiger partial charge is 0.363 e. The maximum atomic E-state index is 12.6. The van der Waals surface area contributed by atoms with E-state index in [-0.39, 0.29) is 17.5 Å². The molecule has 154 valence electrons. The smallest absolute Gasteiger partial charge is 0.271 e. The second kappa shape index (κ2) is 10.0. The van der Waals surface area contributed by atoms with Crippen LogP contribution in [0.3, 0.4) is 0 Å². The molecule has 2 N–H and O–H groups in total. The van der Waals surface area contributed by atoms with E-state index in [1.807, 2.05) is 43.1 Å². The number of carbonyl (C=O) groups excluding carboxylic acids is 1. The summed E-state index contributed by atoms with van der Waals surface area (Å²) in [7, 11) is 1.85. The van der Waals surface area contributed by atoms with Gasteiger partial charge in [-0.05, 0) is 50.6 Å². The predicted octanol–water partition coefficient (Wildman–Crippen LogP) is 2.03. The third-order valence-corrected chi connectivity index (χ3v) is 5.28. The highest BCUT2D eigenvalue weighted by Crippen LogP contribution is 2.25. The maximum absolute atomic E-state index is 12.6. The number of anilines is 1. The van der Waals surface area contributed by atoms with Crippen molar-refractivity contribution >= 4 is 11.6 Å². The first-order valence-corrected chi connectivity index (χ1v) is 10.1. The van der Waals surface area contributed by atoms with Crippen molar-refractivity contribution in [3.05, 3.63) is 59.3 Å². The molecule has 0 bridgehead atoms. The lowest BCUT2D eigenvalue weighted by Crippen LogP contribution is -2.50. The van der Waals surface area contributed by atoms with Crippen molar-refractivity contribution in [1.29, 1.82) is 0 Å². The van der Waals surface area contributed by atoms with Gasteiger partial charge in [0.1, 0.15) is 5.69 Å². The van der Waals surface area contributed by atoms with Gasteiger partial charge in [-0.3, -0.25) is 14.6 Å². The lowest BCUT2D eigenvalue weighted by atomic mass is 10.0. The molecule has 1 fully saturated rings. The van der Waals surface area contributed by atoms with Gasteiger partial charge in [-0.15, -0.1) is 0 Å². The molecule has 0 aliphatic carbocycles. The van der Waals surface area contributed by atoms with Gasteiger partial charge in [-0.1, -0.05) is 6.08 Å². The summed E-state index contributed by atoms with van der Waals surface area (Å²) in [4.78, 5) is 36.1. The van der Waals surface area contributed by atoms with Crippen LogP contribution in [-0.2, 0) is 4.79 Å². The van der Waals surface area contributed by atoms with Gasteiger partial charge in [-0.2, -0.15) is 0 Å². The number of piperidine rings is 1. The van der Waals surface area contributed by atoms with E-state index in [9.17, 15) is 9.59 Å². The normalized spacial score (nSPS) is 16.9. The second-order valence-electron chi connectivity index (χ2n) is 7.16. The topological polar surface area (TPSA) is 81.3 Å². The maximum Gasteiger partial charge on any atom is 0.271 e. The molecule has 29 heavy (non-hydrogen) atoms. The van der Waals surface area contributed by atoms with Crippen molar-refractivity contribution in [3.63, 3.8) is 0 Å². The van der Waals surface area contributed by atoms with Crippen LogP contribution in [0.15, 0.2) is 53.7 Å². The zero-order valence-corrected chi connectivity index (χ0v) is 17.1. The Balaban J connectivity index is 1.82. The van der Waals surface area contributed by atoms with Crippen molar-refractivity contribution in [3.8, 4) is 11.1 Å². The number of rotatable bonds is 7. The molecule has 7 nitrogen and oxygen atoms in total. The van der Waals surface area contributed by atoms with Crippen molar-refractivity contribution in [2.75, 3.05) is 38.1 Å². The van der Waals surface area contributed by atoms with E-state index in [1.54, 1.807) is 24.7 Å². The molecule has 0 aromatic carbocycles. The monoisotopic (exact) mass is 395 g/mol. The average molecular weight is 396 g/mol. The average Bonchev–Trinajstić information content (AvgIpc) is 2.76. The van der Waals surface area contributed by atoms with Crippen LogP contribution in [0.1, 0.15) is 19.8 Å². The minimum absolute atomic E-state index is 0.0282. The Kier molecular flexibility index (Phi) is 7.19. The Morgan fingerprint density at radius 2 is 2.17 bits per heavy atom. The first-order chi connectivity index (χ1) is 14.1. The Labute approximate surface area is 171 Å². The highest BCUT2D eigenvalue weighted by Gasteiger charge is 2.28. The fraction of sp³-hybridized carbons (Fsp3) is 0.409. The molecular weight excluding hydrogens is 366 g/mol. The van der Waals surface area contributed by atoms with Crippen LogP contribution >= 0.6 is 0 Å². The quantitative estimate of drug-likeness (QED) is 0.701. The van der Waals surface area contributed by atoms with E-state index in [0.29, 0.717) is 25.3 Å². The Morgan fingerprint density at radius 1 is 1.38 bits per heavy atom. The van der Waals surface area contributed by atoms with Crippen LogP contribution in [0.4, 0.5) is 5.69 Å². The number of hydrogen-bond acceptors (Lipinski definition) is 5. The Morgan fingerprint density at radius 3 is 2.90 bits per heavy atom. The van der Waals surface area contributed by atoms with E-state index < -0.39 is 0 Å². The summed E-state index contributed by atoms with van der Waals surface area (Å²) in [5, 5.41) is 3.00. The first-order valence-electron chi connectivity index (χ1n) is 10.1. The molecule has 1 atom stereocenters. The molecule has 3 heterocycles. The van der Waals surface area contributed by atoms with Crippen molar-refractivity contribution < 1.29 is 4.79 Å². The van der Waals surface area contributed by atoms with Crippen LogP contribution in [0.5, 0.6) is 0 Å². The summed E-state index contributed by atoms with van der Waals surface area (Å²) in [5.41, 5.74) is 2.48. The van der Waals surface area contributed by atoms with Crippen molar-refractivity contribution in [2.45, 2.75) is 25.8 Å². The number of aromatic amines is 1. The molecule has 1 aliphatic heterocycles. The number of H-pyrrole nitrogens is 1. The van der Waals surface area contributed by atoms with Gasteiger partial charge in [0.15, 0.2) is 0 Å². The number of pyridine rings is 2. The second-order valence-corrected chi connectivity index (χ2v) is 7.16. The van der Waals surface area contributed by atoms with E-state index in [0.717, 1.165) is 30.5 Å². The number of likely N-dealkylation sites (N-methyl/N-ethyl adjacent to an activating group) is 2. The third kappa shape index (κ3) is 5.12. The molecule has 7 heteroatoms. The zero-order valence-electron chi connectivity index (χ0n) is 17.1. The minimum Gasteiger partial charge on any atom is -0.363 e. The van der Waals surface area contributed by atoms with Crippen molar-refractivity contribution in [1.82, 2.24) is 20.2 Å². The van der Waals surface area contributed by atoms with E-state index in [2.05, 4.69) is 20.2 Å². The number of nitrogens with one attached hydrogen (secondary N) is 2. The summed E-state index contributed by atoms with van der Waals surface area (Å²) in [6.07, 6.45) is 10.6. The number of likely N-dealkylation sites (tertiary alicyclic amines) is 1. The summed E-state index contributed by atoms with van der Waals surface area (Å²) < 4.78 is 0. The molecule has 0 unspecified atom stereocenters. The summed E-state index contributed by atoms with van der Waals surface area (Å²) in [6.45, 7) is 4.79. The molecular formula is C22H29N5O2. The van der Waals surface area contributed by atoms with Crippen LogP contribution in [-0.4, -0.2) is 60.0 Å². The highest BCUT2D eigenvalue weighted by molar-refractivity contribution is 5.87. The lowest BCUT2D eigenvalue weighted by molar-refractivity contribution is -0.127. The fourth-order valence-electron chi connectivity index (χ4n) is 3.81. The van der Waals surface area contributed by atoms with Crippen LogP contribution in [0.25, 0.3) is 11.1 Å². The standard InChI is InChI=1S/C22H29N5O2/c1-3-27(19-6-5-13-26(16-19)21(28)7-4-10-23-2)20-14-18(15-25-22(20)29)17-8-11-24-12-9-17/h4,7-9,11-12,14-15,19,23H,3,5-6,10,13,16H2,1-2H3,(H,25,29)/t19-/m0/s1. The zero-order chi connectivity index (χ0) is 20.6. The van der Waals surface area contributed by atoms with E-state index in [4.69, 9.17) is 0 Å². The van der Waals surface area contributed by atoms with Gasteiger partial charge in [0.2, 0.25) is 5.91 Å². The molecule has 0 spiro atoms.